The predicted octanol–water partition coefficient (Wildman–Crippen LogP) is 5.04. The van der Waals surface area contributed by atoms with Gasteiger partial charge in [-0.25, -0.2) is 4.98 Å². The molecule has 20 heavy (non-hydrogen) atoms. The fourth-order valence-corrected chi connectivity index (χ4v) is 2.18. The van der Waals surface area contributed by atoms with Crippen LogP contribution in [0.3, 0.4) is 0 Å². The van der Waals surface area contributed by atoms with E-state index in [0.717, 1.165) is 10.9 Å². The second-order valence-electron chi connectivity index (χ2n) is 4.21. The number of phenols is 1. The summed E-state index contributed by atoms with van der Waals surface area (Å²) in [6, 6.07) is 13.4. The maximum atomic E-state index is 9.23. The van der Waals surface area contributed by atoms with Crippen molar-refractivity contribution in [2.45, 2.75) is 0 Å². The molecule has 3 nitrogen and oxygen atoms in total. The third-order valence-corrected chi connectivity index (χ3v) is 3.26. The molecule has 2 aromatic carbocycles. The molecular formula is C15H9Cl2NO2. The number of rotatable bonds is 2. The largest absolute Gasteiger partial charge is 0.508 e. The lowest BCUT2D eigenvalue weighted by atomic mass is 10.2. The summed E-state index contributed by atoms with van der Waals surface area (Å²) in [6.07, 6.45) is 0. The van der Waals surface area contributed by atoms with E-state index in [-0.39, 0.29) is 5.75 Å². The first-order chi connectivity index (χ1) is 9.61. The van der Waals surface area contributed by atoms with Gasteiger partial charge in [-0.2, -0.15) is 0 Å². The molecule has 0 atom stereocenters. The van der Waals surface area contributed by atoms with Gasteiger partial charge in [0.25, 0.3) is 0 Å². The molecule has 1 heterocycles. The van der Waals surface area contributed by atoms with Crippen LogP contribution in [0.1, 0.15) is 0 Å². The molecule has 1 aromatic heterocycles. The SMILES string of the molecule is Oc1ccc(Oc2nc3ccc(Cl)cc3cc2Cl)cc1. The van der Waals surface area contributed by atoms with E-state index >= 15 is 0 Å². The Balaban J connectivity index is 2.01. The van der Waals surface area contributed by atoms with Crippen LogP contribution in [0.25, 0.3) is 10.9 Å². The van der Waals surface area contributed by atoms with Gasteiger partial charge in [0.1, 0.15) is 16.5 Å². The standard InChI is InChI=1S/C15H9Cl2NO2/c16-10-1-6-14-9(7-10)8-13(17)15(18-14)20-12-4-2-11(19)3-5-12/h1-8,19H. The van der Waals surface area contributed by atoms with E-state index in [9.17, 15) is 5.11 Å². The second-order valence-corrected chi connectivity index (χ2v) is 5.05. The van der Waals surface area contributed by atoms with Crippen LogP contribution in [0.2, 0.25) is 10.0 Å². The molecule has 0 amide bonds. The van der Waals surface area contributed by atoms with Crippen molar-refractivity contribution in [3.05, 3.63) is 58.6 Å². The average molecular weight is 306 g/mol. The summed E-state index contributed by atoms with van der Waals surface area (Å²) < 4.78 is 5.62. The van der Waals surface area contributed by atoms with E-state index in [2.05, 4.69) is 4.98 Å². The number of pyridine rings is 1. The fourth-order valence-electron chi connectivity index (χ4n) is 1.80. The van der Waals surface area contributed by atoms with Gasteiger partial charge in [0, 0.05) is 10.4 Å². The molecule has 0 saturated carbocycles. The third-order valence-electron chi connectivity index (χ3n) is 2.75. The third kappa shape index (κ3) is 2.64. The zero-order valence-electron chi connectivity index (χ0n) is 10.2. The quantitative estimate of drug-likeness (QED) is 0.721. The van der Waals surface area contributed by atoms with E-state index in [1.54, 1.807) is 36.4 Å². The Morgan fingerprint density at radius 1 is 0.950 bits per heavy atom. The summed E-state index contributed by atoms with van der Waals surface area (Å²) in [5.41, 5.74) is 0.743. The van der Waals surface area contributed by atoms with Gasteiger partial charge in [-0.15, -0.1) is 0 Å². The highest BCUT2D eigenvalue weighted by Gasteiger charge is 2.08. The molecule has 0 aliphatic carbocycles. The van der Waals surface area contributed by atoms with Gasteiger partial charge < -0.3 is 9.84 Å². The molecule has 0 unspecified atom stereocenters. The average Bonchev–Trinajstić information content (AvgIpc) is 2.42. The molecule has 3 aromatic rings. The van der Waals surface area contributed by atoms with Crippen LogP contribution in [-0.4, -0.2) is 10.1 Å². The van der Waals surface area contributed by atoms with Crippen LogP contribution >= 0.6 is 23.2 Å². The van der Waals surface area contributed by atoms with Gasteiger partial charge in [0.2, 0.25) is 5.88 Å². The van der Waals surface area contributed by atoms with Gasteiger partial charge in [-0.3, -0.25) is 0 Å². The molecule has 0 aliphatic heterocycles. The van der Waals surface area contributed by atoms with Crippen molar-refractivity contribution in [1.82, 2.24) is 4.98 Å². The Hall–Kier alpha value is -1.97. The predicted molar refractivity (Wildman–Crippen MR) is 79.9 cm³/mol. The van der Waals surface area contributed by atoms with Gasteiger partial charge >= 0.3 is 0 Å². The Morgan fingerprint density at radius 3 is 2.45 bits per heavy atom. The van der Waals surface area contributed by atoms with Crippen molar-refractivity contribution < 1.29 is 9.84 Å². The lowest BCUT2D eigenvalue weighted by Gasteiger charge is -2.08. The topological polar surface area (TPSA) is 42.4 Å². The second kappa shape index (κ2) is 5.19. The Kier molecular flexibility index (Phi) is 3.38. The van der Waals surface area contributed by atoms with Crippen LogP contribution in [0, 0.1) is 0 Å². The highest BCUT2D eigenvalue weighted by Crippen LogP contribution is 2.31. The van der Waals surface area contributed by atoms with Gasteiger partial charge in [-0.1, -0.05) is 23.2 Å². The summed E-state index contributed by atoms with van der Waals surface area (Å²) in [4.78, 5) is 4.36. The monoisotopic (exact) mass is 305 g/mol. The zero-order chi connectivity index (χ0) is 14.1. The number of hydrogen-bond acceptors (Lipinski definition) is 3. The highest BCUT2D eigenvalue weighted by molar-refractivity contribution is 6.33. The molecule has 0 bridgehead atoms. The number of aromatic hydroxyl groups is 1. The van der Waals surface area contributed by atoms with Gasteiger partial charge in [-0.05, 0) is 48.5 Å². The lowest BCUT2D eigenvalue weighted by Crippen LogP contribution is -1.90. The number of phenolic OH excluding ortho intramolecular Hbond substituents is 1. The number of halogens is 2. The number of hydrogen-bond donors (Lipinski definition) is 1. The molecule has 0 spiro atoms. The zero-order valence-corrected chi connectivity index (χ0v) is 11.7. The van der Waals surface area contributed by atoms with Crippen molar-refractivity contribution in [1.29, 1.82) is 0 Å². The first kappa shape index (κ1) is 13.0. The minimum atomic E-state index is 0.171. The van der Waals surface area contributed by atoms with Crippen molar-refractivity contribution in [3.8, 4) is 17.4 Å². The summed E-state index contributed by atoms with van der Waals surface area (Å²) in [6.45, 7) is 0. The Morgan fingerprint density at radius 2 is 1.70 bits per heavy atom. The molecule has 1 N–H and O–H groups in total. The van der Waals surface area contributed by atoms with Crippen LogP contribution < -0.4 is 4.74 Å². The number of ether oxygens (including phenoxy) is 1. The maximum absolute atomic E-state index is 9.23. The minimum absolute atomic E-state index is 0.171. The fraction of sp³-hybridized carbons (Fsp3) is 0. The van der Waals surface area contributed by atoms with E-state index in [1.807, 2.05) is 0 Å². The molecule has 100 valence electrons. The molecule has 3 rings (SSSR count). The van der Waals surface area contributed by atoms with Crippen LogP contribution in [0.4, 0.5) is 0 Å². The Bertz CT molecular complexity index is 773. The first-order valence-electron chi connectivity index (χ1n) is 5.84. The van der Waals surface area contributed by atoms with Crippen LogP contribution in [0.15, 0.2) is 48.5 Å². The summed E-state index contributed by atoms with van der Waals surface area (Å²) in [5.74, 6) is 1.03. The van der Waals surface area contributed by atoms with Crippen LogP contribution in [-0.2, 0) is 0 Å². The summed E-state index contributed by atoms with van der Waals surface area (Å²) in [5, 5.41) is 11.1. The minimum Gasteiger partial charge on any atom is -0.508 e. The van der Waals surface area contributed by atoms with E-state index in [4.69, 9.17) is 27.9 Å². The molecule has 0 aliphatic rings. The summed E-state index contributed by atoms with van der Waals surface area (Å²) >= 11 is 12.1. The summed E-state index contributed by atoms with van der Waals surface area (Å²) in [7, 11) is 0. The molecule has 0 fully saturated rings. The molecule has 5 heteroatoms. The van der Waals surface area contributed by atoms with E-state index in [0.29, 0.717) is 21.7 Å². The van der Waals surface area contributed by atoms with Crippen molar-refractivity contribution >= 4 is 34.1 Å². The van der Waals surface area contributed by atoms with Gasteiger partial charge in [0.05, 0.1) is 5.52 Å². The lowest BCUT2D eigenvalue weighted by molar-refractivity contribution is 0.455. The maximum Gasteiger partial charge on any atom is 0.238 e. The van der Waals surface area contributed by atoms with Crippen LogP contribution in [0.5, 0.6) is 17.4 Å². The number of fused-ring (bicyclic) bond motifs is 1. The molecular weight excluding hydrogens is 297 g/mol. The molecule has 0 radical (unpaired) electrons. The molecule has 0 saturated heterocycles. The normalized spacial score (nSPS) is 10.7. The van der Waals surface area contributed by atoms with Crippen molar-refractivity contribution in [3.63, 3.8) is 0 Å². The number of nitrogens with zero attached hydrogens (tertiary/aromatic N) is 1. The first-order valence-corrected chi connectivity index (χ1v) is 6.60. The van der Waals surface area contributed by atoms with Crippen molar-refractivity contribution in [2.24, 2.45) is 0 Å². The van der Waals surface area contributed by atoms with E-state index < -0.39 is 0 Å². The highest BCUT2D eigenvalue weighted by atomic mass is 35.5. The Labute approximate surface area is 125 Å². The number of aromatic nitrogens is 1. The van der Waals surface area contributed by atoms with E-state index in [1.165, 1.54) is 12.1 Å². The van der Waals surface area contributed by atoms with Crippen molar-refractivity contribution in [2.75, 3.05) is 0 Å². The number of benzene rings is 2. The van der Waals surface area contributed by atoms with Gasteiger partial charge in [0.15, 0.2) is 0 Å². The smallest absolute Gasteiger partial charge is 0.238 e.